The van der Waals surface area contributed by atoms with Crippen molar-refractivity contribution in [2.24, 2.45) is 10.7 Å². The van der Waals surface area contributed by atoms with Crippen LogP contribution >= 0.6 is 0 Å². The standard InChI is InChI=1S/C17H26FN3/c1-8-9-15(14(3)19)10-20-11-16(12-21(6)7)13(2)17(4,5)18/h10,12H,2,11,19H2,1,3-7H3/b15-14+,16-12-,20-10?. The van der Waals surface area contributed by atoms with E-state index in [1.165, 1.54) is 13.8 Å². The van der Waals surface area contributed by atoms with Gasteiger partial charge in [0.1, 0.15) is 5.67 Å². The molecule has 0 aromatic carbocycles. The van der Waals surface area contributed by atoms with Crippen LogP contribution in [0.1, 0.15) is 27.7 Å². The quantitative estimate of drug-likeness (QED) is 0.464. The highest BCUT2D eigenvalue weighted by Gasteiger charge is 2.23. The van der Waals surface area contributed by atoms with E-state index in [1.54, 1.807) is 20.1 Å². The number of hydrogen-bond donors (Lipinski definition) is 1. The maximum atomic E-state index is 14.1. The molecule has 0 amide bonds. The molecule has 0 aromatic rings. The third kappa shape index (κ3) is 7.36. The zero-order valence-corrected chi connectivity index (χ0v) is 13.9. The molecule has 0 unspecified atom stereocenters. The fraction of sp³-hybridized carbons (Fsp3) is 0.471. The first-order valence-electron chi connectivity index (χ1n) is 6.74. The SMILES string of the molecule is C=C(/C(=C\N(C)C)CN=C/C(C#CC)=C(\C)N)C(C)(C)F. The summed E-state index contributed by atoms with van der Waals surface area (Å²) in [6.45, 7) is 10.6. The molecule has 0 saturated heterocycles. The molecule has 0 fully saturated rings. The number of aliphatic imine (C=N–C) groups is 1. The van der Waals surface area contributed by atoms with Crippen molar-refractivity contribution in [2.75, 3.05) is 20.6 Å². The summed E-state index contributed by atoms with van der Waals surface area (Å²) in [5.41, 5.74) is 6.69. The van der Waals surface area contributed by atoms with Gasteiger partial charge in [0.05, 0.1) is 12.1 Å². The van der Waals surface area contributed by atoms with Crippen LogP contribution in [0.25, 0.3) is 0 Å². The van der Waals surface area contributed by atoms with Crippen molar-refractivity contribution < 1.29 is 4.39 Å². The van der Waals surface area contributed by atoms with Gasteiger partial charge in [0.15, 0.2) is 0 Å². The molecule has 0 atom stereocenters. The van der Waals surface area contributed by atoms with Crippen molar-refractivity contribution in [2.45, 2.75) is 33.4 Å². The molecule has 0 aliphatic carbocycles. The lowest BCUT2D eigenvalue weighted by Gasteiger charge is -2.21. The van der Waals surface area contributed by atoms with Gasteiger partial charge in [0, 0.05) is 32.2 Å². The Bertz CT molecular complexity index is 516. The van der Waals surface area contributed by atoms with Gasteiger partial charge in [-0.2, -0.15) is 0 Å². The Hall–Kier alpha value is -2.02. The third-order valence-corrected chi connectivity index (χ3v) is 2.69. The van der Waals surface area contributed by atoms with Gasteiger partial charge in [-0.05, 0) is 38.8 Å². The second-order valence-electron chi connectivity index (χ2n) is 5.51. The van der Waals surface area contributed by atoms with E-state index in [1.807, 2.05) is 25.2 Å². The summed E-state index contributed by atoms with van der Waals surface area (Å²) < 4.78 is 14.1. The summed E-state index contributed by atoms with van der Waals surface area (Å²) in [5.74, 6) is 5.67. The Kier molecular flexibility index (Phi) is 7.51. The van der Waals surface area contributed by atoms with Gasteiger partial charge >= 0.3 is 0 Å². The molecule has 0 aliphatic rings. The minimum atomic E-state index is -1.48. The predicted molar refractivity (Wildman–Crippen MR) is 89.8 cm³/mol. The van der Waals surface area contributed by atoms with Crippen molar-refractivity contribution in [3.05, 3.63) is 35.2 Å². The van der Waals surface area contributed by atoms with Gasteiger partial charge in [-0.3, -0.25) is 4.99 Å². The average Bonchev–Trinajstić information content (AvgIpc) is 2.33. The van der Waals surface area contributed by atoms with E-state index in [4.69, 9.17) is 5.73 Å². The Balaban J connectivity index is 5.24. The van der Waals surface area contributed by atoms with Crippen LogP contribution in [0.5, 0.6) is 0 Å². The monoisotopic (exact) mass is 291 g/mol. The highest BCUT2D eigenvalue weighted by Crippen LogP contribution is 2.26. The average molecular weight is 291 g/mol. The maximum absolute atomic E-state index is 14.1. The Labute approximate surface area is 128 Å². The highest BCUT2D eigenvalue weighted by atomic mass is 19.1. The third-order valence-electron chi connectivity index (χ3n) is 2.69. The van der Waals surface area contributed by atoms with Crippen LogP contribution in [0.4, 0.5) is 4.39 Å². The number of halogens is 1. The van der Waals surface area contributed by atoms with E-state index in [2.05, 4.69) is 23.4 Å². The molecule has 0 heterocycles. The molecule has 0 aromatic heterocycles. The van der Waals surface area contributed by atoms with Crippen LogP contribution in [0.15, 0.2) is 40.2 Å². The van der Waals surface area contributed by atoms with Gasteiger partial charge in [0.2, 0.25) is 0 Å². The number of allylic oxidation sites excluding steroid dienone is 2. The lowest BCUT2D eigenvalue weighted by molar-refractivity contribution is 0.271. The molecular weight excluding hydrogens is 265 g/mol. The minimum absolute atomic E-state index is 0.326. The van der Waals surface area contributed by atoms with Crippen molar-refractivity contribution in [3.63, 3.8) is 0 Å². The van der Waals surface area contributed by atoms with Crippen molar-refractivity contribution in [3.8, 4) is 11.8 Å². The van der Waals surface area contributed by atoms with E-state index >= 15 is 0 Å². The van der Waals surface area contributed by atoms with E-state index in [9.17, 15) is 4.39 Å². The Morgan fingerprint density at radius 1 is 1.43 bits per heavy atom. The number of hydrogen-bond acceptors (Lipinski definition) is 3. The molecule has 21 heavy (non-hydrogen) atoms. The molecule has 4 heteroatoms. The second kappa shape index (κ2) is 8.31. The summed E-state index contributed by atoms with van der Waals surface area (Å²) in [6.07, 6.45) is 3.44. The summed E-state index contributed by atoms with van der Waals surface area (Å²) in [4.78, 5) is 6.16. The first kappa shape index (κ1) is 19.0. The fourth-order valence-electron chi connectivity index (χ4n) is 1.51. The van der Waals surface area contributed by atoms with E-state index in [0.717, 1.165) is 5.57 Å². The molecular formula is C17H26FN3. The van der Waals surface area contributed by atoms with Crippen LogP contribution < -0.4 is 5.73 Å². The lowest BCUT2D eigenvalue weighted by Crippen LogP contribution is -2.19. The molecule has 2 N–H and O–H groups in total. The molecule has 116 valence electrons. The fourth-order valence-corrected chi connectivity index (χ4v) is 1.51. The first-order valence-corrected chi connectivity index (χ1v) is 6.74. The number of rotatable bonds is 6. The van der Waals surface area contributed by atoms with Crippen LogP contribution in [0.3, 0.4) is 0 Å². The van der Waals surface area contributed by atoms with Crippen LogP contribution in [-0.4, -0.2) is 37.4 Å². The van der Waals surface area contributed by atoms with E-state index < -0.39 is 5.67 Å². The minimum Gasteiger partial charge on any atom is -0.401 e. The molecule has 0 aliphatic heterocycles. The van der Waals surface area contributed by atoms with E-state index in [-0.39, 0.29) is 0 Å². The molecule has 3 nitrogen and oxygen atoms in total. The topological polar surface area (TPSA) is 41.6 Å². The lowest BCUT2D eigenvalue weighted by atomic mass is 9.94. The van der Waals surface area contributed by atoms with E-state index in [0.29, 0.717) is 23.4 Å². The van der Waals surface area contributed by atoms with Gasteiger partial charge in [-0.25, -0.2) is 4.39 Å². The number of nitrogens with two attached hydrogens (primary N) is 1. The Morgan fingerprint density at radius 2 is 2.00 bits per heavy atom. The number of alkyl halides is 1. The summed E-state index contributed by atoms with van der Waals surface area (Å²) in [5, 5.41) is 0. The smallest absolute Gasteiger partial charge is 0.130 e. The zero-order chi connectivity index (χ0) is 16.6. The van der Waals surface area contributed by atoms with Crippen molar-refractivity contribution in [1.82, 2.24) is 4.90 Å². The molecule has 0 saturated carbocycles. The van der Waals surface area contributed by atoms with Crippen molar-refractivity contribution >= 4 is 6.21 Å². The van der Waals surface area contributed by atoms with Crippen molar-refractivity contribution in [1.29, 1.82) is 0 Å². The van der Waals surface area contributed by atoms with Crippen LogP contribution in [-0.2, 0) is 0 Å². The highest BCUT2D eigenvalue weighted by molar-refractivity contribution is 5.85. The maximum Gasteiger partial charge on any atom is 0.130 e. The largest absolute Gasteiger partial charge is 0.401 e. The van der Waals surface area contributed by atoms with Gasteiger partial charge in [-0.1, -0.05) is 12.5 Å². The summed E-state index contributed by atoms with van der Waals surface area (Å²) in [7, 11) is 3.75. The normalized spacial score (nSPS) is 13.6. The molecule has 0 spiro atoms. The summed E-state index contributed by atoms with van der Waals surface area (Å²) in [6, 6.07) is 0. The zero-order valence-electron chi connectivity index (χ0n) is 13.9. The van der Waals surface area contributed by atoms with Gasteiger partial charge in [-0.15, -0.1) is 5.92 Å². The molecule has 0 bridgehead atoms. The van der Waals surface area contributed by atoms with Gasteiger partial charge < -0.3 is 10.6 Å². The Morgan fingerprint density at radius 3 is 2.38 bits per heavy atom. The summed E-state index contributed by atoms with van der Waals surface area (Å²) >= 11 is 0. The van der Waals surface area contributed by atoms with Crippen LogP contribution in [0.2, 0.25) is 0 Å². The van der Waals surface area contributed by atoms with Gasteiger partial charge in [0.25, 0.3) is 0 Å². The number of nitrogens with zero attached hydrogens (tertiary/aromatic N) is 2. The molecule has 0 rings (SSSR count). The first-order chi connectivity index (χ1) is 9.59. The second-order valence-corrected chi connectivity index (χ2v) is 5.51. The predicted octanol–water partition coefficient (Wildman–Crippen LogP) is 3.06. The molecule has 0 radical (unpaired) electrons. The van der Waals surface area contributed by atoms with Crippen LogP contribution in [0, 0.1) is 11.8 Å².